The first kappa shape index (κ1) is 11.5. The molecule has 0 aliphatic rings. The van der Waals surface area contributed by atoms with E-state index in [4.69, 9.17) is 15.5 Å². The van der Waals surface area contributed by atoms with Gasteiger partial charge in [-0.15, -0.1) is 11.1 Å². The number of hydrogen-bond acceptors (Lipinski definition) is 1. The zero-order valence-corrected chi connectivity index (χ0v) is 9.68. The van der Waals surface area contributed by atoms with Gasteiger partial charge in [-0.3, -0.25) is 0 Å². The number of rotatable bonds is 6. The van der Waals surface area contributed by atoms with E-state index in [9.17, 15) is 0 Å². The fourth-order valence-corrected chi connectivity index (χ4v) is 3.33. The summed E-state index contributed by atoms with van der Waals surface area (Å²) in [5, 5.41) is 0. The lowest BCUT2D eigenvalue weighted by atomic mass is 10.3. The smallest absolute Gasteiger partial charge is 0.274 e. The van der Waals surface area contributed by atoms with E-state index >= 15 is 0 Å². The van der Waals surface area contributed by atoms with Gasteiger partial charge in [0.2, 0.25) is 0 Å². The fraction of sp³-hybridized carbons (Fsp3) is 1.00. The van der Waals surface area contributed by atoms with E-state index in [-0.39, 0.29) is 0 Å². The highest BCUT2D eigenvalue weighted by Gasteiger charge is 2.08. The Kier molecular flexibility index (Phi) is 7.44. The summed E-state index contributed by atoms with van der Waals surface area (Å²) in [5.74, 6) is 0. The van der Waals surface area contributed by atoms with Gasteiger partial charge in [0.1, 0.15) is 0 Å². The van der Waals surface area contributed by atoms with Gasteiger partial charge in [0, 0.05) is 6.10 Å². The lowest BCUT2D eigenvalue weighted by Gasteiger charge is -2.11. The van der Waals surface area contributed by atoms with Gasteiger partial charge < -0.3 is 4.43 Å². The summed E-state index contributed by atoms with van der Waals surface area (Å²) in [5.41, 5.74) is 0. The topological polar surface area (TPSA) is 9.23 Å². The molecule has 1 atom stereocenters. The highest BCUT2D eigenvalue weighted by molar-refractivity contribution is 7.03. The Hall–Kier alpha value is 0.467. The molecule has 3 heteroatoms. The van der Waals surface area contributed by atoms with Crippen molar-refractivity contribution < 1.29 is 4.43 Å². The molecule has 1 nitrogen and oxygen atoms in total. The molecule has 0 aromatic carbocycles. The third-order valence-electron chi connectivity index (χ3n) is 1.45. The Labute approximate surface area is 76.5 Å². The summed E-state index contributed by atoms with van der Waals surface area (Å²) in [6, 6.07) is 1.12. The first-order valence-electron chi connectivity index (χ1n) is 4.46. The quantitative estimate of drug-likeness (QED) is 0.359. The Bertz CT molecular complexity index is 88.2. The largest absolute Gasteiger partial charge is 0.403 e. The minimum absolute atomic E-state index is 0.311. The molecule has 0 fully saturated rings. The highest BCUT2D eigenvalue weighted by Crippen LogP contribution is 2.09. The molecule has 0 heterocycles. The van der Waals surface area contributed by atoms with Crippen molar-refractivity contribution >= 4 is 19.4 Å². The van der Waals surface area contributed by atoms with Crippen molar-refractivity contribution in [1.82, 2.24) is 0 Å². The molecule has 11 heavy (non-hydrogen) atoms. The molecule has 0 rings (SSSR count). The van der Waals surface area contributed by atoms with Crippen molar-refractivity contribution in [3.8, 4) is 0 Å². The van der Waals surface area contributed by atoms with Crippen LogP contribution < -0.4 is 0 Å². The third kappa shape index (κ3) is 8.37. The predicted molar refractivity (Wildman–Crippen MR) is 53.6 cm³/mol. The van der Waals surface area contributed by atoms with Gasteiger partial charge in [0.25, 0.3) is 8.35 Å². The molecule has 0 aromatic rings. The maximum absolute atomic E-state index is 6.03. The van der Waals surface area contributed by atoms with Crippen LogP contribution in [0.2, 0.25) is 6.04 Å². The summed E-state index contributed by atoms with van der Waals surface area (Å²) in [6.45, 7) is 6.29. The van der Waals surface area contributed by atoms with Crippen molar-refractivity contribution in [1.29, 1.82) is 0 Å². The van der Waals surface area contributed by atoms with Crippen LogP contribution in [-0.2, 0) is 4.43 Å². The van der Waals surface area contributed by atoms with Crippen LogP contribution in [-0.4, -0.2) is 14.5 Å². The predicted octanol–water partition coefficient (Wildman–Crippen LogP) is 3.06. The first-order chi connectivity index (χ1) is 5.16. The Balaban J connectivity index is 3.15. The van der Waals surface area contributed by atoms with Crippen LogP contribution >= 0.6 is 11.1 Å². The van der Waals surface area contributed by atoms with Gasteiger partial charge >= 0.3 is 0 Å². The molecule has 0 saturated carbocycles. The SMILES string of the molecule is CCCCC[SiH](Cl)OC(C)C. The van der Waals surface area contributed by atoms with Crippen LogP contribution in [0.25, 0.3) is 0 Å². The molecule has 68 valence electrons. The van der Waals surface area contributed by atoms with Crippen LogP contribution in [0.1, 0.15) is 40.0 Å². The Morgan fingerprint density at radius 3 is 2.45 bits per heavy atom. The van der Waals surface area contributed by atoms with Crippen LogP contribution in [0, 0.1) is 0 Å². The van der Waals surface area contributed by atoms with Gasteiger partial charge in [-0.05, 0) is 19.9 Å². The fourth-order valence-electron chi connectivity index (χ4n) is 0.918. The second kappa shape index (κ2) is 7.13. The van der Waals surface area contributed by atoms with E-state index in [0.29, 0.717) is 6.10 Å². The monoisotopic (exact) mass is 194 g/mol. The molecule has 0 spiro atoms. The summed E-state index contributed by atoms with van der Waals surface area (Å²) >= 11 is 6.03. The lowest BCUT2D eigenvalue weighted by molar-refractivity contribution is 0.250. The third-order valence-corrected chi connectivity index (χ3v) is 4.12. The van der Waals surface area contributed by atoms with Crippen molar-refractivity contribution in [3.63, 3.8) is 0 Å². The molecule has 0 aromatic heterocycles. The summed E-state index contributed by atoms with van der Waals surface area (Å²) in [6.07, 6.45) is 4.10. The highest BCUT2D eigenvalue weighted by atomic mass is 35.6. The van der Waals surface area contributed by atoms with Crippen molar-refractivity contribution in [3.05, 3.63) is 0 Å². The van der Waals surface area contributed by atoms with Crippen LogP contribution in [0.5, 0.6) is 0 Å². The molecule has 0 N–H and O–H groups in total. The first-order valence-corrected chi connectivity index (χ1v) is 7.49. The summed E-state index contributed by atoms with van der Waals surface area (Å²) in [7, 11) is -1.32. The molecule has 0 aliphatic carbocycles. The number of halogens is 1. The second-order valence-corrected chi connectivity index (χ2v) is 6.22. The maximum Gasteiger partial charge on any atom is 0.274 e. The minimum atomic E-state index is -1.32. The molecule has 1 unspecified atom stereocenters. The lowest BCUT2D eigenvalue weighted by Crippen LogP contribution is -2.15. The second-order valence-electron chi connectivity index (χ2n) is 3.09. The average Bonchev–Trinajstić information content (AvgIpc) is 1.86. The van der Waals surface area contributed by atoms with E-state index in [2.05, 4.69) is 6.92 Å². The van der Waals surface area contributed by atoms with Crippen molar-refractivity contribution in [2.75, 3.05) is 0 Å². The van der Waals surface area contributed by atoms with E-state index in [0.717, 1.165) is 6.04 Å². The molecular formula is C8H19ClOSi. The minimum Gasteiger partial charge on any atom is -0.403 e. The van der Waals surface area contributed by atoms with Gasteiger partial charge in [0.15, 0.2) is 0 Å². The molecule has 0 bridgehead atoms. The van der Waals surface area contributed by atoms with E-state index < -0.39 is 8.35 Å². The van der Waals surface area contributed by atoms with E-state index in [1.54, 1.807) is 0 Å². The van der Waals surface area contributed by atoms with Gasteiger partial charge in [-0.1, -0.05) is 26.2 Å². The molecule has 0 saturated heterocycles. The average molecular weight is 195 g/mol. The molecule has 0 amide bonds. The van der Waals surface area contributed by atoms with Gasteiger partial charge in [0.05, 0.1) is 0 Å². The normalized spacial score (nSPS) is 13.9. The molecule has 0 radical (unpaired) electrons. The van der Waals surface area contributed by atoms with Crippen molar-refractivity contribution in [2.24, 2.45) is 0 Å². The molecular weight excluding hydrogens is 176 g/mol. The van der Waals surface area contributed by atoms with Crippen molar-refractivity contribution in [2.45, 2.75) is 52.2 Å². The summed E-state index contributed by atoms with van der Waals surface area (Å²) in [4.78, 5) is 0. The number of unbranched alkanes of at least 4 members (excludes halogenated alkanes) is 2. The van der Waals surface area contributed by atoms with Crippen LogP contribution in [0.4, 0.5) is 0 Å². The zero-order chi connectivity index (χ0) is 8.69. The zero-order valence-electron chi connectivity index (χ0n) is 7.77. The standard InChI is InChI=1S/C8H19ClOSi/c1-4-5-6-7-11(9)10-8(2)3/h8,11H,4-7H2,1-3H3. The Morgan fingerprint density at radius 1 is 1.36 bits per heavy atom. The van der Waals surface area contributed by atoms with E-state index in [1.807, 2.05) is 13.8 Å². The number of hydrogen-bond donors (Lipinski definition) is 0. The molecule has 0 aliphatic heterocycles. The van der Waals surface area contributed by atoms with E-state index in [1.165, 1.54) is 19.3 Å². The summed E-state index contributed by atoms with van der Waals surface area (Å²) < 4.78 is 5.50. The van der Waals surface area contributed by atoms with Crippen LogP contribution in [0.15, 0.2) is 0 Å². The van der Waals surface area contributed by atoms with Crippen LogP contribution in [0.3, 0.4) is 0 Å². The van der Waals surface area contributed by atoms with Gasteiger partial charge in [-0.25, -0.2) is 0 Å². The Morgan fingerprint density at radius 2 is 2.00 bits per heavy atom. The van der Waals surface area contributed by atoms with Gasteiger partial charge in [-0.2, -0.15) is 0 Å². The maximum atomic E-state index is 6.03.